The van der Waals surface area contributed by atoms with E-state index in [9.17, 15) is 0 Å². The molecule has 0 aliphatic carbocycles. The zero-order chi connectivity index (χ0) is 29.0. The number of rotatable bonds is 4. The second-order valence-electron chi connectivity index (χ2n) is 10.8. The third-order valence-electron chi connectivity index (χ3n) is 8.15. The predicted molar refractivity (Wildman–Crippen MR) is 176 cm³/mol. The van der Waals surface area contributed by atoms with Gasteiger partial charge in [0, 0.05) is 49.4 Å². The van der Waals surface area contributed by atoms with Gasteiger partial charge in [0.25, 0.3) is 0 Å². The summed E-state index contributed by atoms with van der Waals surface area (Å²) >= 11 is 0. The zero-order valence-electron chi connectivity index (χ0n) is 23.4. The normalized spacial score (nSPS) is 11.6. The largest absolute Gasteiger partial charge is 0.455 e. The summed E-state index contributed by atoms with van der Waals surface area (Å²) in [6.07, 6.45) is 0. The third-order valence-corrected chi connectivity index (χ3v) is 8.15. The molecule has 0 saturated carbocycles. The number of furan rings is 2. The molecule has 0 radical (unpaired) electrons. The van der Waals surface area contributed by atoms with Crippen LogP contribution < -0.4 is 0 Å². The number of fused-ring (bicyclic) bond motifs is 6. The number of para-hydroxylation sites is 3. The molecule has 9 rings (SSSR count). The van der Waals surface area contributed by atoms with Crippen LogP contribution >= 0.6 is 0 Å². The van der Waals surface area contributed by atoms with E-state index in [1.54, 1.807) is 0 Å². The van der Waals surface area contributed by atoms with Crippen LogP contribution in [-0.2, 0) is 0 Å². The Balaban J connectivity index is 1.23. The van der Waals surface area contributed by atoms with Gasteiger partial charge in [-0.15, -0.1) is 0 Å². The van der Waals surface area contributed by atoms with Crippen LogP contribution in [0.5, 0.6) is 0 Å². The van der Waals surface area contributed by atoms with E-state index in [4.69, 9.17) is 23.8 Å². The maximum absolute atomic E-state index is 6.54. The molecular formula is C39H23N3O2. The fraction of sp³-hybridized carbons (Fsp3) is 0. The molecule has 0 spiro atoms. The summed E-state index contributed by atoms with van der Waals surface area (Å²) < 4.78 is 12.9. The van der Waals surface area contributed by atoms with Crippen molar-refractivity contribution in [3.05, 3.63) is 140 Å². The second kappa shape index (κ2) is 9.75. The first-order chi connectivity index (χ1) is 21.8. The Kier molecular flexibility index (Phi) is 5.43. The van der Waals surface area contributed by atoms with Crippen molar-refractivity contribution >= 4 is 43.9 Å². The van der Waals surface area contributed by atoms with Crippen molar-refractivity contribution in [2.45, 2.75) is 0 Å². The Morgan fingerprint density at radius 1 is 0.341 bits per heavy atom. The highest BCUT2D eigenvalue weighted by molar-refractivity contribution is 6.15. The number of hydrogen-bond acceptors (Lipinski definition) is 5. The molecule has 0 atom stereocenters. The smallest absolute Gasteiger partial charge is 0.164 e. The average molecular weight is 566 g/mol. The van der Waals surface area contributed by atoms with E-state index >= 15 is 0 Å². The lowest BCUT2D eigenvalue weighted by atomic mass is 9.99. The minimum absolute atomic E-state index is 0.608. The highest BCUT2D eigenvalue weighted by Gasteiger charge is 2.19. The van der Waals surface area contributed by atoms with Crippen molar-refractivity contribution in [3.63, 3.8) is 0 Å². The van der Waals surface area contributed by atoms with E-state index in [2.05, 4.69) is 48.5 Å². The molecule has 9 aromatic rings. The summed E-state index contributed by atoms with van der Waals surface area (Å²) in [6.45, 7) is 0. The summed E-state index contributed by atoms with van der Waals surface area (Å²) in [5.41, 5.74) is 8.10. The molecule has 3 aromatic heterocycles. The van der Waals surface area contributed by atoms with Crippen LogP contribution in [0.15, 0.2) is 148 Å². The first-order valence-electron chi connectivity index (χ1n) is 14.5. The number of hydrogen-bond donors (Lipinski definition) is 0. The third kappa shape index (κ3) is 3.91. The van der Waals surface area contributed by atoms with Gasteiger partial charge in [0.2, 0.25) is 0 Å². The van der Waals surface area contributed by atoms with E-state index in [0.717, 1.165) is 71.7 Å². The number of benzene rings is 6. The molecule has 0 aliphatic heterocycles. The van der Waals surface area contributed by atoms with Crippen LogP contribution in [0.3, 0.4) is 0 Å². The lowest BCUT2D eigenvalue weighted by Crippen LogP contribution is -2.00. The lowest BCUT2D eigenvalue weighted by Gasteiger charge is -2.08. The number of nitrogens with zero attached hydrogens (tertiary/aromatic N) is 3. The van der Waals surface area contributed by atoms with Gasteiger partial charge in [0.15, 0.2) is 17.5 Å². The summed E-state index contributed by atoms with van der Waals surface area (Å²) in [5, 5.41) is 4.21. The molecule has 5 heteroatoms. The van der Waals surface area contributed by atoms with Crippen molar-refractivity contribution < 1.29 is 8.83 Å². The van der Waals surface area contributed by atoms with Crippen LogP contribution in [0.25, 0.3) is 89.2 Å². The predicted octanol–water partition coefficient (Wildman–Crippen LogP) is 10.3. The van der Waals surface area contributed by atoms with Gasteiger partial charge in [-0.2, -0.15) is 0 Å². The molecular weight excluding hydrogens is 542 g/mol. The maximum atomic E-state index is 6.54. The first kappa shape index (κ1) is 24.5. The van der Waals surface area contributed by atoms with E-state index in [1.807, 2.05) is 91.0 Å². The fourth-order valence-electron chi connectivity index (χ4n) is 6.05. The molecule has 6 aromatic carbocycles. The SMILES string of the molecule is c1ccc(-c2nc(-c3ccccc3)nc(-c3ccc4oc5c(-c6cccc7c6oc6ccccc67)cccc5c4c3)n2)cc1. The molecule has 0 unspecified atom stereocenters. The molecule has 5 nitrogen and oxygen atoms in total. The van der Waals surface area contributed by atoms with Crippen molar-refractivity contribution in [1.82, 2.24) is 15.0 Å². The number of aromatic nitrogens is 3. The van der Waals surface area contributed by atoms with Crippen molar-refractivity contribution in [2.75, 3.05) is 0 Å². The van der Waals surface area contributed by atoms with Crippen LogP contribution in [0.4, 0.5) is 0 Å². The van der Waals surface area contributed by atoms with E-state index in [0.29, 0.717) is 17.5 Å². The lowest BCUT2D eigenvalue weighted by molar-refractivity contribution is 0.665. The van der Waals surface area contributed by atoms with Crippen LogP contribution in [-0.4, -0.2) is 15.0 Å². The Morgan fingerprint density at radius 3 is 1.43 bits per heavy atom. The Morgan fingerprint density at radius 2 is 0.818 bits per heavy atom. The van der Waals surface area contributed by atoms with Crippen LogP contribution in [0, 0.1) is 0 Å². The molecule has 3 heterocycles. The van der Waals surface area contributed by atoms with Gasteiger partial charge in [-0.25, -0.2) is 15.0 Å². The van der Waals surface area contributed by atoms with E-state index < -0.39 is 0 Å². The van der Waals surface area contributed by atoms with Gasteiger partial charge in [0.05, 0.1) is 0 Å². The Hall–Kier alpha value is -6.07. The van der Waals surface area contributed by atoms with Crippen molar-refractivity contribution in [2.24, 2.45) is 0 Å². The Bertz CT molecular complexity index is 2440. The highest BCUT2D eigenvalue weighted by Crippen LogP contribution is 2.41. The molecule has 0 aliphatic rings. The van der Waals surface area contributed by atoms with Crippen molar-refractivity contribution in [1.29, 1.82) is 0 Å². The molecule has 0 amide bonds. The second-order valence-corrected chi connectivity index (χ2v) is 10.8. The Labute approximate surface area is 252 Å². The molecule has 0 N–H and O–H groups in total. The van der Waals surface area contributed by atoms with Crippen LogP contribution in [0.1, 0.15) is 0 Å². The van der Waals surface area contributed by atoms with Crippen molar-refractivity contribution in [3.8, 4) is 45.3 Å². The van der Waals surface area contributed by atoms with Gasteiger partial charge in [-0.1, -0.05) is 115 Å². The molecule has 0 saturated heterocycles. The highest BCUT2D eigenvalue weighted by atomic mass is 16.3. The molecule has 0 fully saturated rings. The minimum atomic E-state index is 0.608. The summed E-state index contributed by atoms with van der Waals surface area (Å²) in [4.78, 5) is 14.7. The van der Waals surface area contributed by atoms with E-state index in [-0.39, 0.29) is 0 Å². The summed E-state index contributed by atoms with van der Waals surface area (Å²) in [6, 6.07) is 46.9. The fourth-order valence-corrected chi connectivity index (χ4v) is 6.05. The van der Waals surface area contributed by atoms with Crippen LogP contribution in [0.2, 0.25) is 0 Å². The van der Waals surface area contributed by atoms with Gasteiger partial charge < -0.3 is 8.83 Å². The zero-order valence-corrected chi connectivity index (χ0v) is 23.4. The molecule has 206 valence electrons. The first-order valence-corrected chi connectivity index (χ1v) is 14.5. The van der Waals surface area contributed by atoms with Gasteiger partial charge >= 0.3 is 0 Å². The van der Waals surface area contributed by atoms with E-state index in [1.165, 1.54) is 0 Å². The monoisotopic (exact) mass is 565 g/mol. The standard InChI is InChI=1S/C39H23N3O2/c1-3-11-24(12-4-1)37-40-38(25-13-5-2-6-14-25)42-39(41-37)26-21-22-34-32(23-26)31-19-10-18-30(36(31)44-34)29-17-9-16-28-27-15-7-8-20-33(27)43-35(28)29/h1-23H. The summed E-state index contributed by atoms with van der Waals surface area (Å²) in [5.74, 6) is 1.87. The minimum Gasteiger partial charge on any atom is -0.455 e. The average Bonchev–Trinajstić information content (AvgIpc) is 3.67. The van der Waals surface area contributed by atoms with Gasteiger partial charge in [-0.05, 0) is 24.3 Å². The van der Waals surface area contributed by atoms with Gasteiger partial charge in [-0.3, -0.25) is 0 Å². The molecule has 0 bridgehead atoms. The molecule has 44 heavy (non-hydrogen) atoms. The topological polar surface area (TPSA) is 65.0 Å². The van der Waals surface area contributed by atoms with Gasteiger partial charge in [0.1, 0.15) is 22.3 Å². The summed E-state index contributed by atoms with van der Waals surface area (Å²) in [7, 11) is 0. The quantitative estimate of drug-likeness (QED) is 0.212. The maximum Gasteiger partial charge on any atom is 0.164 e.